The molecule has 2 fully saturated rings. The van der Waals surface area contributed by atoms with Gasteiger partial charge in [0.2, 0.25) is 23.6 Å². The van der Waals surface area contributed by atoms with Crippen LogP contribution >= 0.6 is 43.9 Å². The molecule has 3 heterocycles. The molecule has 3 radical (unpaired) electrons. The van der Waals surface area contributed by atoms with Crippen molar-refractivity contribution in [2.24, 2.45) is 11.8 Å². The maximum absolute atomic E-state index is 12.7. The van der Waals surface area contributed by atoms with E-state index in [0.717, 1.165) is 28.5 Å². The number of hydrogen-bond donors (Lipinski definition) is 4. The summed E-state index contributed by atoms with van der Waals surface area (Å²) in [6, 6.07) is 45.4. The quantitative estimate of drug-likeness (QED) is 0.0391. The smallest absolute Gasteiger partial charge is 0.227 e. The van der Waals surface area contributed by atoms with Gasteiger partial charge in [-0.2, -0.15) is 0 Å². The van der Waals surface area contributed by atoms with E-state index < -0.39 is 20.6 Å². The minimum atomic E-state index is -2.52. The predicted molar refractivity (Wildman–Crippen MR) is 276 cm³/mol. The number of carbonyl (C=O) groups is 6. The van der Waals surface area contributed by atoms with Gasteiger partial charge in [0, 0.05) is 203 Å². The second kappa shape index (κ2) is 39.9. The number of aldehydes is 1. The van der Waals surface area contributed by atoms with E-state index in [0.29, 0.717) is 87.2 Å². The van der Waals surface area contributed by atoms with Crippen molar-refractivity contribution in [3.05, 3.63) is 177 Å². The zero-order valence-electron chi connectivity index (χ0n) is 40.3. The fourth-order valence-electron chi connectivity index (χ4n) is 7.71. The van der Waals surface area contributed by atoms with Crippen molar-refractivity contribution in [2.45, 2.75) is 25.7 Å². The predicted octanol–water partition coefficient (Wildman–Crippen LogP) is 6.50. The first kappa shape index (κ1) is 69.6. The minimum absolute atomic E-state index is 0. The standard InChI is InChI=1S/C22H26N2O3.C22H24N2O3.C7H5IO3.CH2Cl2.3Ac.H2O2/c2*25-17-20-15-23(21(26)13-18-7-3-1-4-8-18)11-12-24(16-20)22(27)14-19-9-5-2-6-10-19;9-7-5-3-1-2-4-6(5)8(10)11-7;2-1-3;;;;1-2/h1-10,20,25H,11-17H2;1-10,17,20H,11-16H2;1-4,10H;1H2;;;;1-2H. The van der Waals surface area contributed by atoms with Gasteiger partial charge < -0.3 is 29.5 Å². The molecule has 0 aliphatic carbocycles. The van der Waals surface area contributed by atoms with Crippen LogP contribution in [0.5, 0.6) is 0 Å². The Balaban J connectivity index is 0.000000546. The topological polar surface area (TPSA) is 206 Å². The van der Waals surface area contributed by atoms with Crippen LogP contribution < -0.4 is 0 Å². The SMILES string of the molecule is ClCCl.O=C(Cc1ccccc1)N1CCN(C(=O)Cc2ccccc2)CC(CO)C1.O=C1OI(O)c2ccccc21.O=CC1CN(C(=O)Cc2ccccc2)CCN(C(=O)Cc2ccccc2)C1.OO.[Ac].[Ac].[Ac]. The molecule has 0 saturated carbocycles. The van der Waals surface area contributed by atoms with Crippen LogP contribution in [-0.4, -0.2) is 139 Å². The molecule has 0 aromatic heterocycles. The monoisotopic (exact) mass is 1790 g/mol. The number of aliphatic hydroxyl groups excluding tert-OH is 1. The average Bonchev–Trinajstić information content (AvgIpc) is 3.57. The summed E-state index contributed by atoms with van der Waals surface area (Å²) in [5.41, 5.74) is 4.38. The Kier molecular flexibility index (Phi) is 38.0. The van der Waals surface area contributed by atoms with Gasteiger partial charge in [0.1, 0.15) is 6.29 Å². The number of halogens is 3. The van der Waals surface area contributed by atoms with Crippen molar-refractivity contribution in [2.75, 3.05) is 64.3 Å². The average molecular weight is 1790 g/mol. The van der Waals surface area contributed by atoms with Crippen LogP contribution in [0.4, 0.5) is 0 Å². The summed E-state index contributed by atoms with van der Waals surface area (Å²) in [5.74, 6) is -0.794. The zero-order chi connectivity index (χ0) is 50.7. The normalized spacial score (nSPS) is 14.4. The molecule has 8 rings (SSSR count). The van der Waals surface area contributed by atoms with Crippen LogP contribution in [0.25, 0.3) is 0 Å². The summed E-state index contributed by atoms with van der Waals surface area (Å²) in [6.07, 6.45) is 2.17. The number of benzene rings is 5. The molecule has 3 aliphatic rings. The third kappa shape index (κ3) is 24.9. The van der Waals surface area contributed by atoms with Crippen molar-refractivity contribution < 1.29 is 183 Å². The Labute approximate surface area is 552 Å². The van der Waals surface area contributed by atoms with E-state index in [1.165, 1.54) is 0 Å². The second-order valence-corrected chi connectivity index (χ2v) is 19.9. The molecule has 0 bridgehead atoms. The summed E-state index contributed by atoms with van der Waals surface area (Å²) in [7, 11) is 0. The van der Waals surface area contributed by atoms with Crippen molar-refractivity contribution in [1.29, 1.82) is 0 Å². The van der Waals surface area contributed by atoms with Gasteiger partial charge in [-0.05, 0) is 22.3 Å². The molecule has 15 nitrogen and oxygen atoms in total. The first-order valence-corrected chi connectivity index (χ1v) is 26.4. The largest absolute Gasteiger partial charge is 0.340 e. The molecule has 0 spiro atoms. The molecule has 3 aliphatic heterocycles. The molecule has 4 amide bonds. The van der Waals surface area contributed by atoms with Crippen LogP contribution in [0.3, 0.4) is 0 Å². The Hall–Kier alpha value is -1.41. The summed E-state index contributed by atoms with van der Waals surface area (Å²) in [4.78, 5) is 80.1. The third-order valence-corrected chi connectivity index (χ3v) is 14.0. The van der Waals surface area contributed by atoms with E-state index in [9.17, 15) is 37.3 Å². The van der Waals surface area contributed by atoms with Crippen molar-refractivity contribution >= 4 is 79.7 Å². The van der Waals surface area contributed by atoms with Gasteiger partial charge in [-0.3, -0.25) is 29.7 Å². The summed E-state index contributed by atoms with van der Waals surface area (Å²) in [6.45, 7) is 3.58. The third-order valence-electron chi connectivity index (χ3n) is 11.2. The maximum atomic E-state index is 12.7. The van der Waals surface area contributed by atoms with Gasteiger partial charge in [-0.25, -0.2) is 0 Å². The molecule has 383 valence electrons. The summed E-state index contributed by atoms with van der Waals surface area (Å²) in [5, 5.41) is 21.9. The van der Waals surface area contributed by atoms with E-state index in [2.05, 4.69) is 0 Å². The summed E-state index contributed by atoms with van der Waals surface area (Å²) >= 11 is 7.01. The molecule has 21 heteroatoms. The van der Waals surface area contributed by atoms with E-state index >= 15 is 0 Å². The Bertz CT molecular complexity index is 2270. The van der Waals surface area contributed by atoms with Gasteiger partial charge in [0.05, 0.1) is 31.0 Å². The molecular weight excluding hydrogens is 1740 g/mol. The van der Waals surface area contributed by atoms with Crippen LogP contribution in [0.15, 0.2) is 146 Å². The van der Waals surface area contributed by atoms with E-state index in [1.54, 1.807) is 43.9 Å². The fourth-order valence-corrected chi connectivity index (χ4v) is 9.97. The zero-order valence-corrected chi connectivity index (χ0v) is 58.2. The maximum Gasteiger partial charge on any atom is 0.227 e. The number of nitrogens with zero attached hydrogens (tertiary/aromatic N) is 4. The molecule has 73 heavy (non-hydrogen) atoms. The van der Waals surface area contributed by atoms with Gasteiger partial charge in [-0.15, -0.1) is 23.2 Å². The van der Waals surface area contributed by atoms with E-state index in [-0.39, 0.29) is 186 Å². The second-order valence-electron chi connectivity index (χ2n) is 16.1. The van der Waals surface area contributed by atoms with E-state index in [1.807, 2.05) is 121 Å². The number of amides is 4. The van der Waals surface area contributed by atoms with Gasteiger partial charge in [-0.1, -0.05) is 121 Å². The first-order chi connectivity index (χ1) is 34.0. The van der Waals surface area contributed by atoms with Crippen LogP contribution in [0.2, 0.25) is 0 Å². The first-order valence-electron chi connectivity index (χ1n) is 22.4. The van der Waals surface area contributed by atoms with E-state index in [4.69, 9.17) is 36.8 Å². The molecule has 4 N–H and O–H groups in total. The molecule has 5 aromatic rings. The number of fused-ring (bicyclic) bond motifs is 1. The Morgan fingerprint density at radius 3 is 1.11 bits per heavy atom. The minimum Gasteiger partial charge on any atom is -0.340 e. The molecule has 5 aromatic carbocycles. The Morgan fingerprint density at radius 1 is 0.534 bits per heavy atom. The molecule has 2 saturated heterocycles. The van der Waals surface area contributed by atoms with Crippen molar-refractivity contribution in [3.8, 4) is 0 Å². The number of hydrogen-bond acceptors (Lipinski definition) is 11. The molecular formula is C52H59Ac3Cl2IN4O11. The van der Waals surface area contributed by atoms with Crippen molar-refractivity contribution in [3.63, 3.8) is 0 Å². The number of aliphatic hydroxyl groups is 1. The Morgan fingerprint density at radius 2 is 0.822 bits per heavy atom. The van der Waals surface area contributed by atoms with Gasteiger partial charge in [0.25, 0.3) is 0 Å². The summed E-state index contributed by atoms with van der Waals surface area (Å²) < 4.78 is 14.7. The number of carbonyl (C=O) groups excluding carboxylic acids is 6. The molecule has 0 unspecified atom stereocenters. The van der Waals surface area contributed by atoms with Gasteiger partial charge >= 0.3 is 71.3 Å². The van der Waals surface area contributed by atoms with Gasteiger partial charge in [0.15, 0.2) is 0 Å². The van der Waals surface area contributed by atoms with Crippen LogP contribution in [-0.2, 0) is 52.7 Å². The van der Waals surface area contributed by atoms with Crippen LogP contribution in [0.1, 0.15) is 32.6 Å². The fraction of sp³-hybridized carbons (Fsp3) is 0.308. The van der Waals surface area contributed by atoms with Crippen molar-refractivity contribution in [1.82, 2.24) is 19.6 Å². The molecule has 0 atom stereocenters. The number of alkyl halides is 2. The van der Waals surface area contributed by atoms with Crippen LogP contribution in [0, 0.1) is 148 Å². The number of rotatable bonds is 10.